The summed E-state index contributed by atoms with van der Waals surface area (Å²) in [6, 6.07) is 23.0. The largest absolute Gasteiger partial charge is 0.493 e. The number of carbonyl (C=O) groups is 3. The number of hydrogen-bond donors (Lipinski definition) is 1. The predicted octanol–water partition coefficient (Wildman–Crippen LogP) is 4.32. The van der Waals surface area contributed by atoms with Gasteiger partial charge in [-0.05, 0) is 48.9 Å². The number of imide groups is 1. The van der Waals surface area contributed by atoms with Crippen LogP contribution in [0.1, 0.15) is 43.6 Å². The SMILES string of the molecule is CCOc1ccc(CN2C(=O)c3ccccc3C2=O)cc1C(=O)Nc1ccn(-c2ccccc2)n1. The second-order valence-corrected chi connectivity index (χ2v) is 7.94. The third-order valence-corrected chi connectivity index (χ3v) is 5.66. The zero-order valence-electron chi connectivity index (χ0n) is 19.0. The van der Waals surface area contributed by atoms with Crippen LogP contribution >= 0.6 is 0 Å². The van der Waals surface area contributed by atoms with Crippen molar-refractivity contribution in [2.45, 2.75) is 13.5 Å². The van der Waals surface area contributed by atoms with Crippen LogP contribution in [0.15, 0.2) is 85.1 Å². The van der Waals surface area contributed by atoms with Gasteiger partial charge in [-0.15, -0.1) is 0 Å². The van der Waals surface area contributed by atoms with Gasteiger partial charge >= 0.3 is 0 Å². The molecule has 1 aliphatic rings. The number of ether oxygens (including phenoxy) is 1. The first kappa shape index (κ1) is 22.1. The van der Waals surface area contributed by atoms with Crippen LogP contribution in [-0.2, 0) is 6.54 Å². The third-order valence-electron chi connectivity index (χ3n) is 5.66. The van der Waals surface area contributed by atoms with E-state index in [9.17, 15) is 14.4 Å². The zero-order valence-corrected chi connectivity index (χ0v) is 19.0. The van der Waals surface area contributed by atoms with Crippen LogP contribution in [0.2, 0.25) is 0 Å². The Labute approximate surface area is 201 Å². The van der Waals surface area contributed by atoms with E-state index < -0.39 is 5.91 Å². The Morgan fingerprint density at radius 2 is 1.60 bits per heavy atom. The van der Waals surface area contributed by atoms with Crippen molar-refractivity contribution < 1.29 is 19.1 Å². The van der Waals surface area contributed by atoms with E-state index in [0.717, 1.165) is 5.69 Å². The molecular formula is C27H22N4O4. The molecule has 1 aliphatic heterocycles. The molecule has 3 amide bonds. The summed E-state index contributed by atoms with van der Waals surface area (Å²) in [5.41, 5.74) is 2.55. The third kappa shape index (κ3) is 4.29. The van der Waals surface area contributed by atoms with E-state index in [-0.39, 0.29) is 23.9 Å². The molecule has 4 aromatic rings. The Hall–Kier alpha value is -4.72. The fraction of sp³-hybridized carbons (Fsp3) is 0.111. The molecule has 8 nitrogen and oxygen atoms in total. The van der Waals surface area contributed by atoms with Gasteiger partial charge in [-0.1, -0.05) is 36.4 Å². The zero-order chi connectivity index (χ0) is 24.4. The van der Waals surface area contributed by atoms with Crippen molar-refractivity contribution in [1.82, 2.24) is 14.7 Å². The van der Waals surface area contributed by atoms with Gasteiger partial charge in [0.05, 0.1) is 35.5 Å². The van der Waals surface area contributed by atoms with Crippen LogP contribution in [0.3, 0.4) is 0 Å². The number of fused-ring (bicyclic) bond motifs is 1. The van der Waals surface area contributed by atoms with Crippen molar-refractivity contribution in [3.63, 3.8) is 0 Å². The van der Waals surface area contributed by atoms with E-state index in [1.807, 2.05) is 37.3 Å². The molecule has 1 aromatic heterocycles. The minimum absolute atomic E-state index is 0.0433. The first-order valence-corrected chi connectivity index (χ1v) is 11.2. The molecule has 0 aliphatic carbocycles. The molecule has 0 radical (unpaired) electrons. The van der Waals surface area contributed by atoms with Crippen LogP contribution in [0.4, 0.5) is 5.82 Å². The van der Waals surface area contributed by atoms with Gasteiger partial charge in [0.1, 0.15) is 5.75 Å². The summed E-state index contributed by atoms with van der Waals surface area (Å²) in [4.78, 5) is 39.8. The lowest BCUT2D eigenvalue weighted by molar-refractivity contribution is 0.0642. The summed E-state index contributed by atoms with van der Waals surface area (Å²) >= 11 is 0. The summed E-state index contributed by atoms with van der Waals surface area (Å²) in [7, 11) is 0. The highest BCUT2D eigenvalue weighted by Crippen LogP contribution is 2.27. The van der Waals surface area contributed by atoms with Crippen molar-refractivity contribution in [1.29, 1.82) is 0 Å². The number of aromatic nitrogens is 2. The smallest absolute Gasteiger partial charge is 0.261 e. The monoisotopic (exact) mass is 466 g/mol. The molecule has 174 valence electrons. The molecule has 0 saturated carbocycles. The molecule has 1 N–H and O–H groups in total. The molecule has 0 fully saturated rings. The van der Waals surface area contributed by atoms with E-state index in [0.29, 0.717) is 34.9 Å². The van der Waals surface area contributed by atoms with Crippen molar-refractivity contribution in [2.75, 3.05) is 11.9 Å². The fourth-order valence-corrected chi connectivity index (χ4v) is 4.00. The Balaban J connectivity index is 1.38. The summed E-state index contributed by atoms with van der Waals surface area (Å²) in [6.07, 6.45) is 1.76. The van der Waals surface area contributed by atoms with Gasteiger partial charge in [-0.2, -0.15) is 5.10 Å². The van der Waals surface area contributed by atoms with Crippen LogP contribution in [-0.4, -0.2) is 39.0 Å². The number of amides is 3. The van der Waals surface area contributed by atoms with Gasteiger partial charge in [0.15, 0.2) is 5.82 Å². The number of anilines is 1. The molecule has 0 saturated heterocycles. The highest BCUT2D eigenvalue weighted by Gasteiger charge is 2.35. The average Bonchev–Trinajstić information content (AvgIpc) is 3.44. The number of nitrogens with zero attached hydrogens (tertiary/aromatic N) is 3. The second kappa shape index (κ2) is 9.26. The minimum Gasteiger partial charge on any atom is -0.493 e. The summed E-state index contributed by atoms with van der Waals surface area (Å²) in [5, 5.41) is 7.22. The number of rotatable bonds is 7. The van der Waals surface area contributed by atoms with Crippen LogP contribution in [0, 0.1) is 0 Å². The minimum atomic E-state index is -0.407. The first-order valence-electron chi connectivity index (χ1n) is 11.2. The standard InChI is InChI=1S/C27H22N4O4/c1-2-35-23-13-12-18(17-30-26(33)20-10-6-7-11-21(20)27(30)34)16-22(23)25(32)28-24-14-15-31(29-24)19-8-4-3-5-9-19/h3-16H,2,17H2,1H3,(H,28,29,32). The van der Waals surface area contributed by atoms with Crippen molar-refractivity contribution in [2.24, 2.45) is 0 Å². The average molecular weight is 466 g/mol. The lowest BCUT2D eigenvalue weighted by atomic mass is 10.1. The number of nitrogens with one attached hydrogen (secondary N) is 1. The van der Waals surface area contributed by atoms with E-state index in [2.05, 4.69) is 10.4 Å². The molecule has 0 spiro atoms. The van der Waals surface area contributed by atoms with Gasteiger partial charge in [0, 0.05) is 12.3 Å². The predicted molar refractivity (Wildman–Crippen MR) is 130 cm³/mol. The normalized spacial score (nSPS) is 12.5. The quantitative estimate of drug-likeness (QED) is 0.410. The maximum absolute atomic E-state index is 13.2. The first-order chi connectivity index (χ1) is 17.0. The van der Waals surface area contributed by atoms with E-state index in [1.54, 1.807) is 59.4 Å². The number of carbonyl (C=O) groups excluding carboxylic acids is 3. The van der Waals surface area contributed by atoms with Crippen LogP contribution in [0.25, 0.3) is 5.69 Å². The molecule has 8 heteroatoms. The summed E-state index contributed by atoms with van der Waals surface area (Å²) in [6.45, 7) is 2.25. The Morgan fingerprint density at radius 1 is 0.914 bits per heavy atom. The topological polar surface area (TPSA) is 93.5 Å². The lowest BCUT2D eigenvalue weighted by Gasteiger charge is -2.16. The highest BCUT2D eigenvalue weighted by atomic mass is 16.5. The van der Waals surface area contributed by atoms with Gasteiger partial charge in [0.2, 0.25) is 0 Å². The second-order valence-electron chi connectivity index (χ2n) is 7.94. The molecule has 2 heterocycles. The Bertz CT molecular complexity index is 1390. The van der Waals surface area contributed by atoms with Crippen molar-refractivity contribution in [3.8, 4) is 11.4 Å². The molecule has 0 atom stereocenters. The van der Waals surface area contributed by atoms with Crippen LogP contribution in [0.5, 0.6) is 5.75 Å². The van der Waals surface area contributed by atoms with Crippen LogP contribution < -0.4 is 10.1 Å². The molecule has 5 rings (SSSR count). The molecule has 35 heavy (non-hydrogen) atoms. The number of hydrogen-bond acceptors (Lipinski definition) is 5. The Kier molecular flexibility index (Phi) is 5.85. The fourth-order valence-electron chi connectivity index (χ4n) is 4.00. The van der Waals surface area contributed by atoms with Gasteiger partial charge in [0.25, 0.3) is 17.7 Å². The molecular weight excluding hydrogens is 444 g/mol. The maximum Gasteiger partial charge on any atom is 0.261 e. The molecule has 3 aromatic carbocycles. The highest BCUT2D eigenvalue weighted by molar-refractivity contribution is 6.21. The summed E-state index contributed by atoms with van der Waals surface area (Å²) < 4.78 is 7.32. The Morgan fingerprint density at radius 3 is 2.29 bits per heavy atom. The van der Waals surface area contributed by atoms with Crippen molar-refractivity contribution >= 4 is 23.5 Å². The number of para-hydroxylation sites is 1. The van der Waals surface area contributed by atoms with E-state index >= 15 is 0 Å². The molecule has 0 unspecified atom stereocenters. The summed E-state index contributed by atoms with van der Waals surface area (Å²) in [5.74, 6) is -0.324. The maximum atomic E-state index is 13.2. The van der Waals surface area contributed by atoms with E-state index in [4.69, 9.17) is 4.74 Å². The molecule has 0 bridgehead atoms. The van der Waals surface area contributed by atoms with E-state index in [1.165, 1.54) is 4.90 Å². The lowest BCUT2D eigenvalue weighted by Crippen LogP contribution is -2.29. The van der Waals surface area contributed by atoms with Gasteiger partial charge in [-0.3, -0.25) is 19.3 Å². The number of benzene rings is 3. The van der Waals surface area contributed by atoms with Gasteiger partial charge in [-0.25, -0.2) is 4.68 Å². The van der Waals surface area contributed by atoms with Gasteiger partial charge < -0.3 is 10.1 Å². The van der Waals surface area contributed by atoms with Crippen molar-refractivity contribution in [3.05, 3.63) is 107 Å².